The van der Waals surface area contributed by atoms with Crippen molar-refractivity contribution in [3.63, 3.8) is 0 Å². The maximum atomic E-state index is 13.0. The Kier molecular flexibility index (Phi) is 6.20. The van der Waals surface area contributed by atoms with E-state index in [1.165, 1.54) is 0 Å². The quantitative estimate of drug-likeness (QED) is 0.456. The number of aromatic nitrogens is 4. The molecule has 1 aliphatic rings. The van der Waals surface area contributed by atoms with Gasteiger partial charge < -0.3 is 10.2 Å². The van der Waals surface area contributed by atoms with E-state index < -0.39 is 0 Å². The van der Waals surface area contributed by atoms with Crippen molar-refractivity contribution in [1.29, 1.82) is 0 Å². The average molecular weight is 475 g/mol. The smallest absolute Gasteiger partial charge is 0.225 e. The molecule has 1 aliphatic heterocycles. The molecule has 174 valence electrons. The maximum Gasteiger partial charge on any atom is 0.225 e. The highest BCUT2D eigenvalue weighted by atomic mass is 35.5. The van der Waals surface area contributed by atoms with Crippen LogP contribution in [0.5, 0.6) is 0 Å². The van der Waals surface area contributed by atoms with Crippen LogP contribution in [0.2, 0.25) is 5.02 Å². The van der Waals surface area contributed by atoms with Crippen molar-refractivity contribution >= 4 is 34.2 Å². The molecule has 0 aliphatic carbocycles. The van der Waals surface area contributed by atoms with Crippen LogP contribution in [0.3, 0.4) is 0 Å². The molecule has 1 saturated heterocycles. The zero-order chi connectivity index (χ0) is 23.7. The second-order valence-corrected chi connectivity index (χ2v) is 9.23. The summed E-state index contributed by atoms with van der Waals surface area (Å²) in [6.45, 7) is 5.93. The van der Waals surface area contributed by atoms with E-state index in [4.69, 9.17) is 16.7 Å². The number of fused-ring (bicyclic) bond motifs is 1. The highest BCUT2D eigenvalue weighted by Gasteiger charge is 2.29. The molecule has 0 saturated carbocycles. The molecule has 0 radical (unpaired) electrons. The molecule has 1 atom stereocenters. The Balaban J connectivity index is 1.38. The van der Waals surface area contributed by atoms with Gasteiger partial charge in [-0.05, 0) is 56.5 Å². The van der Waals surface area contributed by atoms with E-state index in [0.717, 1.165) is 58.7 Å². The summed E-state index contributed by atoms with van der Waals surface area (Å²) < 4.78 is 1.95. The highest BCUT2D eigenvalue weighted by molar-refractivity contribution is 6.30. The number of piperidine rings is 1. The van der Waals surface area contributed by atoms with E-state index in [2.05, 4.69) is 27.3 Å². The Morgan fingerprint density at radius 2 is 1.85 bits per heavy atom. The third-order valence-corrected chi connectivity index (χ3v) is 6.71. The molecule has 8 heteroatoms. The van der Waals surface area contributed by atoms with Crippen LogP contribution >= 0.6 is 11.6 Å². The van der Waals surface area contributed by atoms with Crippen molar-refractivity contribution in [1.82, 2.24) is 25.3 Å². The first kappa shape index (κ1) is 22.3. The van der Waals surface area contributed by atoms with Gasteiger partial charge in [0, 0.05) is 24.7 Å². The number of benzene rings is 2. The fourth-order valence-electron chi connectivity index (χ4n) is 4.66. The van der Waals surface area contributed by atoms with Crippen LogP contribution in [0.25, 0.3) is 16.6 Å². The number of aryl methyl sites for hydroxylation is 2. The van der Waals surface area contributed by atoms with Gasteiger partial charge in [0.1, 0.15) is 5.52 Å². The number of hydrogen-bond donors (Lipinski definition) is 1. The van der Waals surface area contributed by atoms with Crippen LogP contribution in [0.1, 0.15) is 29.8 Å². The Bertz CT molecular complexity index is 1320. The van der Waals surface area contributed by atoms with Gasteiger partial charge >= 0.3 is 0 Å². The number of para-hydroxylation sites is 1. The number of nitrogens with zero attached hydrogens (tertiary/aromatic N) is 5. The molecule has 1 amide bonds. The van der Waals surface area contributed by atoms with Gasteiger partial charge in [0.15, 0.2) is 5.82 Å². The first-order valence-electron chi connectivity index (χ1n) is 11.6. The molecule has 0 unspecified atom stereocenters. The maximum absolute atomic E-state index is 13.0. The van der Waals surface area contributed by atoms with Gasteiger partial charge in [0.2, 0.25) is 5.91 Å². The number of halogens is 1. The minimum absolute atomic E-state index is 0.0574. The lowest BCUT2D eigenvalue weighted by Gasteiger charge is -2.32. The Morgan fingerprint density at radius 1 is 1.09 bits per heavy atom. The van der Waals surface area contributed by atoms with Crippen molar-refractivity contribution in [2.24, 2.45) is 5.92 Å². The number of amides is 1. The predicted molar refractivity (Wildman–Crippen MR) is 134 cm³/mol. The fraction of sp³-hybridized carbons (Fsp3) is 0.308. The largest absolute Gasteiger partial charge is 0.352 e. The molecule has 2 aromatic heterocycles. The molecule has 34 heavy (non-hydrogen) atoms. The van der Waals surface area contributed by atoms with Crippen molar-refractivity contribution in [3.8, 4) is 5.69 Å². The van der Waals surface area contributed by atoms with Gasteiger partial charge in [-0.3, -0.25) is 4.79 Å². The first-order chi connectivity index (χ1) is 16.5. The summed E-state index contributed by atoms with van der Waals surface area (Å²) in [6, 6.07) is 17.6. The van der Waals surface area contributed by atoms with Crippen molar-refractivity contribution in [2.45, 2.75) is 33.2 Å². The second-order valence-electron chi connectivity index (χ2n) is 8.79. The predicted octanol–water partition coefficient (Wildman–Crippen LogP) is 4.62. The topological polar surface area (TPSA) is 75.9 Å². The van der Waals surface area contributed by atoms with Gasteiger partial charge in [0.25, 0.3) is 0 Å². The Hall–Kier alpha value is -3.45. The molecular weight excluding hydrogens is 448 g/mol. The van der Waals surface area contributed by atoms with E-state index in [1.54, 1.807) is 0 Å². The zero-order valence-corrected chi connectivity index (χ0v) is 20.1. The van der Waals surface area contributed by atoms with Crippen molar-refractivity contribution in [2.75, 3.05) is 18.0 Å². The van der Waals surface area contributed by atoms with Gasteiger partial charge in [-0.25, -0.2) is 4.68 Å². The lowest BCUT2D eigenvalue weighted by atomic mass is 9.97. The SMILES string of the molecule is Cc1nnc(N2CCC[C@H](C(=O)NCc3ccc(Cl)cc3)C2)c2nn(-c3ccccc3)c(C)c12. The number of nitrogens with one attached hydrogen (secondary N) is 1. The van der Waals surface area contributed by atoms with Crippen molar-refractivity contribution < 1.29 is 4.79 Å². The molecular formula is C26H27ClN6O. The molecule has 3 heterocycles. The van der Waals surface area contributed by atoms with Crippen LogP contribution in [0.4, 0.5) is 5.82 Å². The third kappa shape index (κ3) is 4.35. The standard InChI is InChI=1S/C26H27ClN6O/c1-17-23-18(2)33(22-8-4-3-5-9-22)31-24(23)25(30-29-17)32-14-6-7-20(16-32)26(34)28-15-19-10-12-21(27)13-11-19/h3-5,8-13,20H,6-7,14-16H2,1-2H3,(H,28,34)/t20-/m0/s1. The number of carbonyl (C=O) groups is 1. The Morgan fingerprint density at radius 3 is 2.62 bits per heavy atom. The van der Waals surface area contributed by atoms with Crippen LogP contribution in [-0.4, -0.2) is 39.0 Å². The van der Waals surface area contributed by atoms with Gasteiger partial charge in [-0.15, -0.1) is 5.10 Å². The summed E-state index contributed by atoms with van der Waals surface area (Å²) in [5.41, 5.74) is 4.74. The van der Waals surface area contributed by atoms with E-state index in [9.17, 15) is 4.79 Å². The molecule has 4 aromatic rings. The lowest BCUT2D eigenvalue weighted by molar-refractivity contribution is -0.125. The Labute approximate surface area is 203 Å². The van der Waals surface area contributed by atoms with E-state index in [1.807, 2.05) is 66.2 Å². The van der Waals surface area contributed by atoms with E-state index in [0.29, 0.717) is 18.1 Å². The number of rotatable bonds is 5. The summed E-state index contributed by atoms with van der Waals surface area (Å²) in [5.74, 6) is 0.687. The lowest BCUT2D eigenvalue weighted by Crippen LogP contribution is -2.43. The number of carbonyl (C=O) groups excluding carboxylic acids is 1. The molecule has 1 N–H and O–H groups in total. The molecule has 1 fully saturated rings. The number of hydrogen-bond acceptors (Lipinski definition) is 5. The zero-order valence-electron chi connectivity index (χ0n) is 19.3. The van der Waals surface area contributed by atoms with Crippen molar-refractivity contribution in [3.05, 3.63) is 76.6 Å². The summed E-state index contributed by atoms with van der Waals surface area (Å²) in [6.07, 6.45) is 1.76. The normalized spacial score (nSPS) is 16.1. The van der Waals surface area contributed by atoms with Crippen LogP contribution < -0.4 is 10.2 Å². The first-order valence-corrected chi connectivity index (χ1v) is 11.9. The summed E-state index contributed by atoms with van der Waals surface area (Å²) in [4.78, 5) is 15.1. The molecule has 5 rings (SSSR count). The van der Waals surface area contributed by atoms with Crippen LogP contribution in [-0.2, 0) is 11.3 Å². The van der Waals surface area contributed by atoms with Crippen LogP contribution in [0.15, 0.2) is 54.6 Å². The monoisotopic (exact) mass is 474 g/mol. The van der Waals surface area contributed by atoms with Gasteiger partial charge in [-0.2, -0.15) is 10.2 Å². The summed E-state index contributed by atoms with van der Waals surface area (Å²) in [5, 5.41) is 18.7. The summed E-state index contributed by atoms with van der Waals surface area (Å²) >= 11 is 5.96. The minimum Gasteiger partial charge on any atom is -0.352 e. The molecule has 2 aromatic carbocycles. The third-order valence-electron chi connectivity index (χ3n) is 6.46. The molecule has 7 nitrogen and oxygen atoms in total. The van der Waals surface area contributed by atoms with E-state index in [-0.39, 0.29) is 11.8 Å². The van der Waals surface area contributed by atoms with Gasteiger partial charge in [0.05, 0.1) is 28.4 Å². The van der Waals surface area contributed by atoms with E-state index >= 15 is 0 Å². The number of anilines is 1. The fourth-order valence-corrected chi connectivity index (χ4v) is 4.79. The molecule has 0 spiro atoms. The summed E-state index contributed by atoms with van der Waals surface area (Å²) in [7, 11) is 0. The highest BCUT2D eigenvalue weighted by Crippen LogP contribution is 2.31. The molecule has 0 bridgehead atoms. The van der Waals surface area contributed by atoms with Gasteiger partial charge in [-0.1, -0.05) is 41.9 Å². The van der Waals surface area contributed by atoms with Crippen LogP contribution in [0, 0.1) is 19.8 Å². The average Bonchev–Trinajstić information content (AvgIpc) is 3.22. The second kappa shape index (κ2) is 9.43. The minimum atomic E-state index is -0.114.